The first-order valence-corrected chi connectivity index (χ1v) is 8.94. The van der Waals surface area contributed by atoms with Crippen molar-refractivity contribution in [1.29, 1.82) is 5.26 Å². The van der Waals surface area contributed by atoms with Crippen molar-refractivity contribution in [3.8, 4) is 6.07 Å². The lowest BCUT2D eigenvalue weighted by Gasteiger charge is -2.32. The summed E-state index contributed by atoms with van der Waals surface area (Å²) in [5.41, 5.74) is 0.240. The van der Waals surface area contributed by atoms with Gasteiger partial charge in [0.05, 0.1) is 22.2 Å². The summed E-state index contributed by atoms with van der Waals surface area (Å²) in [5, 5.41) is 9.28. The van der Waals surface area contributed by atoms with Crippen LogP contribution in [-0.2, 0) is 17.5 Å². The third kappa shape index (κ3) is 4.07. The van der Waals surface area contributed by atoms with Crippen molar-refractivity contribution >= 4 is 23.2 Å². The molecule has 146 valence electrons. The summed E-state index contributed by atoms with van der Waals surface area (Å²) in [6.07, 6.45) is -4.28. The smallest absolute Gasteiger partial charge is 0.362 e. The summed E-state index contributed by atoms with van der Waals surface area (Å²) in [6.45, 7) is 0.355. The number of hydrogen-bond donors (Lipinski definition) is 0. The number of anilines is 1. The molecule has 2 aromatic carbocycles. The van der Waals surface area contributed by atoms with E-state index in [4.69, 9.17) is 16.9 Å². The second-order valence-corrected chi connectivity index (χ2v) is 7.10. The number of nitrogens with zero attached hydrogens (tertiary/aromatic N) is 3. The van der Waals surface area contributed by atoms with Crippen LogP contribution in [0.25, 0.3) is 0 Å². The van der Waals surface area contributed by atoms with Gasteiger partial charge in [0, 0.05) is 32.2 Å². The normalized spacial score (nSPS) is 16.9. The Morgan fingerprint density at radius 1 is 1.29 bits per heavy atom. The summed E-state index contributed by atoms with van der Waals surface area (Å²) in [7, 11) is 1.66. The van der Waals surface area contributed by atoms with Crippen molar-refractivity contribution in [2.75, 3.05) is 18.5 Å². The Kier molecular flexibility index (Phi) is 5.52. The monoisotopic (exact) mass is 407 g/mol. The third-order valence-electron chi connectivity index (χ3n) is 4.83. The standard InChI is InChI=1S/C20H17ClF3N3O/c1-26-12-16(9-19(26)28)27(15-7-6-13(10-25)18(21)8-15)11-14-4-2-3-5-17(14)20(22,23)24/h2-8,16H,9,11-12H2,1H3/t16-/m0/s1. The number of benzene rings is 2. The van der Waals surface area contributed by atoms with E-state index in [0.717, 1.165) is 6.07 Å². The summed E-state index contributed by atoms with van der Waals surface area (Å²) in [5.74, 6) is -0.0705. The molecule has 0 unspecified atom stereocenters. The molecule has 3 rings (SSSR count). The molecule has 0 aliphatic carbocycles. The molecule has 0 bridgehead atoms. The number of alkyl halides is 3. The molecule has 1 aliphatic heterocycles. The SMILES string of the molecule is CN1C[C@@H](N(Cc2ccccc2C(F)(F)F)c2ccc(C#N)c(Cl)c2)CC1=O. The number of amides is 1. The minimum absolute atomic E-state index is 0.0380. The van der Waals surface area contributed by atoms with Crippen molar-refractivity contribution in [2.45, 2.75) is 25.2 Å². The molecule has 0 saturated carbocycles. The number of nitriles is 1. The number of halogens is 4. The van der Waals surface area contributed by atoms with Crippen LogP contribution in [-0.4, -0.2) is 30.4 Å². The zero-order valence-electron chi connectivity index (χ0n) is 15.0. The molecule has 0 N–H and O–H groups in total. The van der Waals surface area contributed by atoms with E-state index in [-0.39, 0.29) is 41.1 Å². The minimum atomic E-state index is -4.48. The van der Waals surface area contributed by atoms with Crippen molar-refractivity contribution in [2.24, 2.45) is 0 Å². The van der Waals surface area contributed by atoms with Crippen LogP contribution in [0.3, 0.4) is 0 Å². The number of carbonyl (C=O) groups excluding carboxylic acids is 1. The maximum atomic E-state index is 13.4. The van der Waals surface area contributed by atoms with Crippen LogP contribution in [0.15, 0.2) is 42.5 Å². The van der Waals surface area contributed by atoms with Gasteiger partial charge in [-0.3, -0.25) is 4.79 Å². The predicted molar refractivity (Wildman–Crippen MR) is 99.8 cm³/mol. The quantitative estimate of drug-likeness (QED) is 0.751. The fourth-order valence-corrected chi connectivity index (χ4v) is 3.59. The van der Waals surface area contributed by atoms with Gasteiger partial charge >= 0.3 is 6.18 Å². The average molecular weight is 408 g/mol. The second kappa shape index (κ2) is 7.72. The number of rotatable bonds is 4. The minimum Gasteiger partial charge on any atom is -0.362 e. The number of likely N-dealkylation sites (tertiary alicyclic amines) is 1. The van der Waals surface area contributed by atoms with Gasteiger partial charge in [-0.25, -0.2) is 0 Å². The van der Waals surface area contributed by atoms with Crippen molar-refractivity contribution < 1.29 is 18.0 Å². The molecule has 1 saturated heterocycles. The second-order valence-electron chi connectivity index (χ2n) is 6.69. The van der Waals surface area contributed by atoms with Crippen LogP contribution in [0.1, 0.15) is 23.1 Å². The zero-order valence-corrected chi connectivity index (χ0v) is 15.8. The molecule has 1 fully saturated rings. The highest BCUT2D eigenvalue weighted by atomic mass is 35.5. The fraction of sp³-hybridized carbons (Fsp3) is 0.300. The summed E-state index contributed by atoms with van der Waals surface area (Å²) in [4.78, 5) is 15.3. The zero-order chi connectivity index (χ0) is 20.5. The van der Waals surface area contributed by atoms with Gasteiger partial charge in [0.1, 0.15) is 6.07 Å². The van der Waals surface area contributed by atoms with E-state index >= 15 is 0 Å². The number of likely N-dealkylation sites (N-methyl/N-ethyl adjacent to an activating group) is 1. The Morgan fingerprint density at radius 3 is 2.57 bits per heavy atom. The molecule has 8 heteroatoms. The molecule has 1 atom stereocenters. The average Bonchev–Trinajstić information content (AvgIpc) is 2.97. The fourth-order valence-electron chi connectivity index (χ4n) is 3.37. The van der Waals surface area contributed by atoms with E-state index in [1.165, 1.54) is 18.2 Å². The Bertz CT molecular complexity index is 939. The van der Waals surface area contributed by atoms with Crippen LogP contribution >= 0.6 is 11.6 Å². The van der Waals surface area contributed by atoms with Crippen LogP contribution < -0.4 is 4.90 Å². The Balaban J connectivity index is 2.02. The highest BCUT2D eigenvalue weighted by Crippen LogP contribution is 2.35. The van der Waals surface area contributed by atoms with E-state index in [9.17, 15) is 18.0 Å². The Labute approximate surface area is 165 Å². The molecule has 1 amide bonds. The largest absolute Gasteiger partial charge is 0.416 e. The van der Waals surface area contributed by atoms with Gasteiger partial charge in [0.2, 0.25) is 5.91 Å². The topological polar surface area (TPSA) is 47.3 Å². The van der Waals surface area contributed by atoms with Gasteiger partial charge < -0.3 is 9.80 Å². The van der Waals surface area contributed by atoms with E-state index in [1.807, 2.05) is 6.07 Å². The molecule has 28 heavy (non-hydrogen) atoms. The van der Waals surface area contributed by atoms with Crippen molar-refractivity contribution in [1.82, 2.24) is 4.90 Å². The van der Waals surface area contributed by atoms with Crippen LogP contribution in [0, 0.1) is 11.3 Å². The van der Waals surface area contributed by atoms with Gasteiger partial charge in [-0.05, 0) is 29.8 Å². The lowest BCUT2D eigenvalue weighted by atomic mass is 10.0. The molecule has 0 aromatic heterocycles. The molecular formula is C20H17ClF3N3O. The van der Waals surface area contributed by atoms with E-state index < -0.39 is 11.7 Å². The molecular weight excluding hydrogens is 391 g/mol. The Morgan fingerprint density at radius 2 is 2.00 bits per heavy atom. The molecule has 2 aromatic rings. The van der Waals surface area contributed by atoms with E-state index in [1.54, 1.807) is 35.0 Å². The first-order valence-electron chi connectivity index (χ1n) is 8.56. The van der Waals surface area contributed by atoms with Crippen LogP contribution in [0.5, 0.6) is 0 Å². The van der Waals surface area contributed by atoms with E-state index in [0.29, 0.717) is 12.2 Å². The summed E-state index contributed by atoms with van der Waals surface area (Å²) >= 11 is 6.14. The lowest BCUT2D eigenvalue weighted by Crippen LogP contribution is -2.37. The van der Waals surface area contributed by atoms with Crippen molar-refractivity contribution in [3.05, 3.63) is 64.2 Å². The summed E-state index contributed by atoms with van der Waals surface area (Å²) < 4.78 is 40.3. The van der Waals surface area contributed by atoms with Gasteiger partial charge in [-0.2, -0.15) is 18.4 Å². The predicted octanol–water partition coefficient (Wildman–Crippen LogP) is 4.47. The first kappa shape index (κ1) is 20.0. The molecule has 1 aliphatic rings. The number of hydrogen-bond acceptors (Lipinski definition) is 3. The van der Waals surface area contributed by atoms with Crippen molar-refractivity contribution in [3.63, 3.8) is 0 Å². The molecule has 0 spiro atoms. The lowest BCUT2D eigenvalue weighted by molar-refractivity contribution is -0.138. The van der Waals surface area contributed by atoms with Gasteiger partial charge in [-0.1, -0.05) is 29.8 Å². The molecule has 1 heterocycles. The maximum Gasteiger partial charge on any atom is 0.416 e. The highest BCUT2D eigenvalue weighted by molar-refractivity contribution is 6.32. The third-order valence-corrected chi connectivity index (χ3v) is 5.14. The van der Waals surface area contributed by atoms with Gasteiger partial charge in [0.15, 0.2) is 0 Å². The van der Waals surface area contributed by atoms with Crippen LogP contribution in [0.4, 0.5) is 18.9 Å². The number of carbonyl (C=O) groups is 1. The Hall–Kier alpha value is -2.72. The maximum absolute atomic E-state index is 13.4. The first-order chi connectivity index (χ1) is 13.2. The van der Waals surface area contributed by atoms with Crippen LogP contribution in [0.2, 0.25) is 5.02 Å². The van der Waals surface area contributed by atoms with E-state index in [2.05, 4.69) is 0 Å². The van der Waals surface area contributed by atoms with Gasteiger partial charge in [-0.15, -0.1) is 0 Å². The molecule has 4 nitrogen and oxygen atoms in total. The molecule has 0 radical (unpaired) electrons. The summed E-state index contributed by atoms with van der Waals surface area (Å²) in [6, 6.07) is 11.8. The van der Waals surface area contributed by atoms with Gasteiger partial charge in [0.25, 0.3) is 0 Å². The highest BCUT2D eigenvalue weighted by Gasteiger charge is 2.36.